The van der Waals surface area contributed by atoms with Crippen molar-refractivity contribution in [2.24, 2.45) is 0 Å². The first-order valence-corrected chi connectivity index (χ1v) is 10.0. The molecule has 2 heterocycles. The lowest BCUT2D eigenvalue weighted by Gasteiger charge is -2.21. The summed E-state index contributed by atoms with van der Waals surface area (Å²) in [5.41, 5.74) is 2.90. The van der Waals surface area contributed by atoms with Gasteiger partial charge >= 0.3 is 6.03 Å². The van der Waals surface area contributed by atoms with E-state index in [1.54, 1.807) is 0 Å². The molecule has 2 amide bonds. The van der Waals surface area contributed by atoms with Crippen molar-refractivity contribution in [2.75, 3.05) is 25.0 Å². The second-order valence-electron chi connectivity index (χ2n) is 7.21. The maximum absolute atomic E-state index is 12.9. The Balaban J connectivity index is 1.49. The van der Waals surface area contributed by atoms with E-state index in [2.05, 4.69) is 33.9 Å². The summed E-state index contributed by atoms with van der Waals surface area (Å²) in [5, 5.41) is 3.00. The number of carbonyl (C=O) groups excluding carboxylic acids is 1. The molecule has 3 aromatic rings. The predicted octanol–water partition coefficient (Wildman–Crippen LogP) is 4.74. The van der Waals surface area contributed by atoms with Gasteiger partial charge in [0.1, 0.15) is 11.6 Å². The second-order valence-corrected chi connectivity index (χ2v) is 7.21. The number of imidazole rings is 1. The third-order valence-electron chi connectivity index (χ3n) is 5.26. The van der Waals surface area contributed by atoms with E-state index in [0.717, 1.165) is 23.5 Å². The van der Waals surface area contributed by atoms with Crippen molar-refractivity contribution in [2.45, 2.75) is 26.3 Å². The first-order chi connectivity index (χ1) is 14.2. The van der Waals surface area contributed by atoms with Crippen molar-refractivity contribution in [3.63, 3.8) is 0 Å². The van der Waals surface area contributed by atoms with E-state index in [9.17, 15) is 4.79 Å². The third-order valence-corrected chi connectivity index (χ3v) is 5.26. The number of amides is 2. The molecule has 6 heteroatoms. The molecule has 1 saturated heterocycles. The van der Waals surface area contributed by atoms with Crippen LogP contribution in [0.25, 0.3) is 11.4 Å². The average molecular weight is 390 g/mol. The topological polar surface area (TPSA) is 59.4 Å². The van der Waals surface area contributed by atoms with Gasteiger partial charge in [-0.05, 0) is 32.4 Å². The molecule has 1 aromatic heterocycles. The van der Waals surface area contributed by atoms with Crippen LogP contribution in [0, 0.1) is 6.92 Å². The van der Waals surface area contributed by atoms with Crippen LogP contribution in [0.2, 0.25) is 0 Å². The van der Waals surface area contributed by atoms with E-state index in [0.29, 0.717) is 31.1 Å². The number of nitrogens with zero attached hydrogens (tertiary/aromatic N) is 3. The summed E-state index contributed by atoms with van der Waals surface area (Å²) in [7, 11) is 0. The summed E-state index contributed by atoms with van der Waals surface area (Å²) in [6.45, 7) is 5.92. The normalized spacial score (nSPS) is 16.1. The fourth-order valence-corrected chi connectivity index (χ4v) is 3.89. The van der Waals surface area contributed by atoms with E-state index in [1.165, 1.54) is 0 Å². The molecule has 6 nitrogen and oxygen atoms in total. The van der Waals surface area contributed by atoms with Crippen molar-refractivity contribution < 1.29 is 9.53 Å². The maximum Gasteiger partial charge on any atom is 0.322 e. The van der Waals surface area contributed by atoms with Gasteiger partial charge in [-0.2, -0.15) is 0 Å². The zero-order valence-electron chi connectivity index (χ0n) is 16.8. The minimum absolute atomic E-state index is 0.0984. The number of carbonyl (C=O) groups is 1. The van der Waals surface area contributed by atoms with E-state index in [-0.39, 0.29) is 12.1 Å². The Morgan fingerprint density at radius 1 is 1.17 bits per heavy atom. The monoisotopic (exact) mass is 390 g/mol. The number of benzene rings is 2. The van der Waals surface area contributed by atoms with Gasteiger partial charge in [0.25, 0.3) is 0 Å². The van der Waals surface area contributed by atoms with Crippen LogP contribution >= 0.6 is 0 Å². The van der Waals surface area contributed by atoms with Crippen LogP contribution in [0.1, 0.15) is 25.1 Å². The first-order valence-electron chi connectivity index (χ1n) is 10.0. The molecule has 1 N–H and O–H groups in total. The van der Waals surface area contributed by atoms with Crippen LogP contribution in [0.15, 0.2) is 60.8 Å². The minimum Gasteiger partial charge on any atom is -0.492 e. The molecule has 29 heavy (non-hydrogen) atoms. The quantitative estimate of drug-likeness (QED) is 0.685. The molecular formula is C23H26N4O2. The largest absolute Gasteiger partial charge is 0.492 e. The Hall–Kier alpha value is -3.28. The molecule has 1 unspecified atom stereocenters. The number of likely N-dealkylation sites (tertiary alicyclic amines) is 1. The first kappa shape index (κ1) is 19.1. The molecule has 1 atom stereocenters. The van der Waals surface area contributed by atoms with Gasteiger partial charge in [0.05, 0.1) is 18.3 Å². The zero-order valence-corrected chi connectivity index (χ0v) is 16.8. The highest BCUT2D eigenvalue weighted by atomic mass is 16.5. The van der Waals surface area contributed by atoms with Crippen LogP contribution in [-0.2, 0) is 0 Å². The van der Waals surface area contributed by atoms with Crippen molar-refractivity contribution in [3.05, 3.63) is 66.5 Å². The van der Waals surface area contributed by atoms with Gasteiger partial charge in [-0.1, -0.05) is 42.5 Å². The molecule has 0 saturated carbocycles. The smallest absolute Gasteiger partial charge is 0.322 e. The summed E-state index contributed by atoms with van der Waals surface area (Å²) >= 11 is 0. The van der Waals surface area contributed by atoms with Crippen molar-refractivity contribution in [1.29, 1.82) is 0 Å². The number of para-hydroxylation sites is 2. The van der Waals surface area contributed by atoms with Gasteiger partial charge in [0, 0.05) is 30.5 Å². The second kappa shape index (κ2) is 8.39. The Kier molecular flexibility index (Phi) is 5.51. The molecular weight excluding hydrogens is 364 g/mol. The number of hydrogen-bond donors (Lipinski definition) is 1. The molecule has 1 fully saturated rings. The summed E-state index contributed by atoms with van der Waals surface area (Å²) in [5.74, 6) is 1.65. The predicted molar refractivity (Wildman–Crippen MR) is 114 cm³/mol. The maximum atomic E-state index is 12.9. The highest BCUT2D eigenvalue weighted by Gasteiger charge is 2.30. The third kappa shape index (κ3) is 3.97. The zero-order chi connectivity index (χ0) is 20.2. The Morgan fingerprint density at radius 2 is 1.93 bits per heavy atom. The number of aryl methyl sites for hydroxylation is 1. The van der Waals surface area contributed by atoms with E-state index in [4.69, 9.17) is 4.74 Å². The van der Waals surface area contributed by atoms with Crippen LogP contribution in [0.3, 0.4) is 0 Å². The highest BCUT2D eigenvalue weighted by molar-refractivity contribution is 5.91. The summed E-state index contributed by atoms with van der Waals surface area (Å²) in [6, 6.07) is 17.8. The SMILES string of the molecule is CCOc1ccccc1NC(=O)N1CCC(n2c(C)cnc2-c2ccccc2)C1. The van der Waals surface area contributed by atoms with Crippen LogP contribution in [-0.4, -0.2) is 40.2 Å². The Morgan fingerprint density at radius 3 is 2.72 bits per heavy atom. The summed E-state index contributed by atoms with van der Waals surface area (Å²) < 4.78 is 7.88. The van der Waals surface area contributed by atoms with Gasteiger partial charge in [-0.15, -0.1) is 0 Å². The molecule has 0 spiro atoms. The van der Waals surface area contributed by atoms with E-state index < -0.39 is 0 Å². The van der Waals surface area contributed by atoms with E-state index in [1.807, 2.05) is 60.5 Å². The van der Waals surface area contributed by atoms with Crippen LogP contribution < -0.4 is 10.1 Å². The molecule has 0 aliphatic carbocycles. The van der Waals surface area contributed by atoms with Crippen LogP contribution in [0.4, 0.5) is 10.5 Å². The number of ether oxygens (including phenoxy) is 1. The fourth-order valence-electron chi connectivity index (χ4n) is 3.89. The highest BCUT2D eigenvalue weighted by Crippen LogP contribution is 2.30. The van der Waals surface area contributed by atoms with Gasteiger partial charge in [0.2, 0.25) is 0 Å². The lowest BCUT2D eigenvalue weighted by molar-refractivity contribution is 0.220. The molecule has 0 bridgehead atoms. The Bertz CT molecular complexity index is 984. The minimum atomic E-state index is -0.0984. The number of urea groups is 1. The van der Waals surface area contributed by atoms with Crippen molar-refractivity contribution in [3.8, 4) is 17.1 Å². The number of hydrogen-bond acceptors (Lipinski definition) is 3. The molecule has 2 aromatic carbocycles. The molecule has 0 radical (unpaired) electrons. The molecule has 1 aliphatic heterocycles. The lowest BCUT2D eigenvalue weighted by Crippen LogP contribution is -2.33. The standard InChI is InChI=1S/C23H26N4O2/c1-3-29-21-12-8-7-11-20(21)25-23(28)26-14-13-19(16-26)27-17(2)15-24-22(27)18-9-5-4-6-10-18/h4-12,15,19H,3,13-14,16H2,1-2H3,(H,25,28). The summed E-state index contributed by atoms with van der Waals surface area (Å²) in [4.78, 5) is 19.4. The number of aromatic nitrogens is 2. The van der Waals surface area contributed by atoms with Gasteiger partial charge in [-0.25, -0.2) is 9.78 Å². The van der Waals surface area contributed by atoms with Crippen molar-refractivity contribution in [1.82, 2.24) is 14.5 Å². The molecule has 4 rings (SSSR count). The number of nitrogens with one attached hydrogen (secondary N) is 1. The molecule has 150 valence electrons. The fraction of sp³-hybridized carbons (Fsp3) is 0.304. The summed E-state index contributed by atoms with van der Waals surface area (Å²) in [6.07, 6.45) is 2.81. The van der Waals surface area contributed by atoms with E-state index >= 15 is 0 Å². The van der Waals surface area contributed by atoms with Gasteiger partial charge in [0.15, 0.2) is 0 Å². The number of rotatable bonds is 5. The van der Waals surface area contributed by atoms with Gasteiger partial charge in [-0.3, -0.25) is 0 Å². The van der Waals surface area contributed by atoms with Crippen molar-refractivity contribution >= 4 is 11.7 Å². The van der Waals surface area contributed by atoms with Gasteiger partial charge < -0.3 is 19.5 Å². The molecule has 1 aliphatic rings. The average Bonchev–Trinajstić information content (AvgIpc) is 3.37. The Labute approximate surface area is 171 Å². The lowest BCUT2D eigenvalue weighted by atomic mass is 10.2. The van der Waals surface area contributed by atoms with Crippen LogP contribution in [0.5, 0.6) is 5.75 Å². The number of anilines is 1.